The predicted octanol–water partition coefficient (Wildman–Crippen LogP) is 1.41. The lowest BCUT2D eigenvalue weighted by molar-refractivity contribution is -0.137. The van der Waals surface area contributed by atoms with Crippen LogP contribution in [-0.4, -0.2) is 22.1 Å². The quantitative estimate of drug-likeness (QED) is 0.774. The molecule has 0 saturated heterocycles. The SMILES string of the molecule is O=C(O)CC(NC1CC1)c1cncs1. The molecule has 5 heteroatoms. The monoisotopic (exact) mass is 212 g/mol. The summed E-state index contributed by atoms with van der Waals surface area (Å²) in [7, 11) is 0. The first-order chi connectivity index (χ1) is 6.75. The molecule has 1 aromatic heterocycles. The van der Waals surface area contributed by atoms with Gasteiger partial charge in [0, 0.05) is 17.1 Å². The van der Waals surface area contributed by atoms with Gasteiger partial charge in [-0.1, -0.05) is 0 Å². The zero-order chi connectivity index (χ0) is 9.97. The second kappa shape index (κ2) is 4.06. The summed E-state index contributed by atoms with van der Waals surface area (Å²) in [5.74, 6) is -0.767. The molecule has 1 atom stereocenters. The molecular weight excluding hydrogens is 200 g/mol. The Morgan fingerprint density at radius 2 is 2.57 bits per heavy atom. The van der Waals surface area contributed by atoms with Crippen LogP contribution in [-0.2, 0) is 4.79 Å². The van der Waals surface area contributed by atoms with Crippen molar-refractivity contribution in [2.45, 2.75) is 31.3 Å². The highest BCUT2D eigenvalue weighted by Crippen LogP contribution is 2.27. The van der Waals surface area contributed by atoms with Crippen molar-refractivity contribution < 1.29 is 9.90 Å². The van der Waals surface area contributed by atoms with E-state index in [1.165, 1.54) is 11.3 Å². The lowest BCUT2D eigenvalue weighted by Crippen LogP contribution is -2.25. The first-order valence-electron chi connectivity index (χ1n) is 4.62. The maximum atomic E-state index is 10.7. The highest BCUT2D eigenvalue weighted by Gasteiger charge is 2.27. The van der Waals surface area contributed by atoms with Crippen LogP contribution in [0.15, 0.2) is 11.7 Å². The van der Waals surface area contributed by atoms with Crippen LogP contribution in [0.3, 0.4) is 0 Å². The average Bonchev–Trinajstić information content (AvgIpc) is 2.79. The lowest BCUT2D eigenvalue weighted by atomic mass is 10.2. The number of nitrogens with one attached hydrogen (secondary N) is 1. The molecule has 2 N–H and O–H groups in total. The van der Waals surface area contributed by atoms with Crippen molar-refractivity contribution in [3.8, 4) is 0 Å². The van der Waals surface area contributed by atoms with E-state index in [0.717, 1.165) is 17.7 Å². The van der Waals surface area contributed by atoms with Crippen molar-refractivity contribution in [3.63, 3.8) is 0 Å². The number of carbonyl (C=O) groups is 1. The Morgan fingerprint density at radius 1 is 1.79 bits per heavy atom. The average molecular weight is 212 g/mol. The molecule has 14 heavy (non-hydrogen) atoms. The van der Waals surface area contributed by atoms with Crippen molar-refractivity contribution in [1.82, 2.24) is 10.3 Å². The third kappa shape index (κ3) is 2.52. The normalized spacial score (nSPS) is 18.0. The maximum Gasteiger partial charge on any atom is 0.305 e. The third-order valence-electron chi connectivity index (χ3n) is 2.19. The van der Waals surface area contributed by atoms with Gasteiger partial charge >= 0.3 is 5.97 Å². The van der Waals surface area contributed by atoms with Crippen LogP contribution in [0.4, 0.5) is 0 Å². The first-order valence-corrected chi connectivity index (χ1v) is 5.50. The van der Waals surface area contributed by atoms with E-state index in [0.29, 0.717) is 6.04 Å². The second-order valence-corrected chi connectivity index (χ2v) is 4.41. The maximum absolute atomic E-state index is 10.7. The van der Waals surface area contributed by atoms with Gasteiger partial charge in [0.1, 0.15) is 0 Å². The number of hydrogen-bond donors (Lipinski definition) is 2. The van der Waals surface area contributed by atoms with E-state index in [1.54, 1.807) is 11.7 Å². The largest absolute Gasteiger partial charge is 0.481 e. The summed E-state index contributed by atoms with van der Waals surface area (Å²) in [6.45, 7) is 0. The van der Waals surface area contributed by atoms with Crippen molar-refractivity contribution in [2.75, 3.05) is 0 Å². The van der Waals surface area contributed by atoms with E-state index >= 15 is 0 Å². The summed E-state index contributed by atoms with van der Waals surface area (Å²) in [5, 5.41) is 12.1. The van der Waals surface area contributed by atoms with Crippen LogP contribution >= 0.6 is 11.3 Å². The Labute approximate surface area is 86.0 Å². The number of carboxylic acids is 1. The van der Waals surface area contributed by atoms with Gasteiger partial charge < -0.3 is 10.4 Å². The molecular formula is C9H12N2O2S. The fraction of sp³-hybridized carbons (Fsp3) is 0.556. The molecule has 1 saturated carbocycles. The van der Waals surface area contributed by atoms with Crippen LogP contribution < -0.4 is 5.32 Å². The number of rotatable bonds is 5. The second-order valence-electron chi connectivity index (χ2n) is 3.50. The summed E-state index contributed by atoms with van der Waals surface area (Å²) in [4.78, 5) is 15.6. The Morgan fingerprint density at radius 3 is 3.07 bits per heavy atom. The van der Waals surface area contributed by atoms with Gasteiger partial charge in [0.15, 0.2) is 0 Å². The standard InChI is InChI=1S/C9H12N2O2S/c12-9(13)3-7(11-6-1-2-6)8-4-10-5-14-8/h4-7,11H,1-3H2,(H,12,13). The molecule has 1 unspecified atom stereocenters. The van der Waals surface area contributed by atoms with Gasteiger partial charge in [-0.05, 0) is 12.8 Å². The zero-order valence-electron chi connectivity index (χ0n) is 7.64. The van der Waals surface area contributed by atoms with Crippen molar-refractivity contribution in [3.05, 3.63) is 16.6 Å². The minimum atomic E-state index is -0.767. The van der Waals surface area contributed by atoms with Crippen LogP contribution in [0.2, 0.25) is 0 Å². The van der Waals surface area contributed by atoms with Gasteiger partial charge in [-0.3, -0.25) is 9.78 Å². The van der Waals surface area contributed by atoms with Gasteiger partial charge in [0.25, 0.3) is 0 Å². The molecule has 2 rings (SSSR count). The lowest BCUT2D eigenvalue weighted by Gasteiger charge is -2.13. The smallest absolute Gasteiger partial charge is 0.305 e. The van der Waals surface area contributed by atoms with Crippen molar-refractivity contribution in [2.24, 2.45) is 0 Å². The first kappa shape index (κ1) is 9.61. The van der Waals surface area contributed by atoms with E-state index < -0.39 is 5.97 Å². The number of hydrogen-bond acceptors (Lipinski definition) is 4. The van der Waals surface area contributed by atoms with Crippen LogP contribution in [0.1, 0.15) is 30.2 Å². The van der Waals surface area contributed by atoms with Crippen molar-refractivity contribution >= 4 is 17.3 Å². The summed E-state index contributed by atoms with van der Waals surface area (Å²) < 4.78 is 0. The molecule has 4 nitrogen and oxygen atoms in total. The molecule has 1 aliphatic carbocycles. The molecule has 0 radical (unpaired) electrons. The molecule has 0 aromatic carbocycles. The van der Waals surface area contributed by atoms with Crippen LogP contribution in [0, 0.1) is 0 Å². The number of thiazole rings is 1. The minimum absolute atomic E-state index is 0.0625. The number of aliphatic carboxylic acids is 1. The summed E-state index contributed by atoms with van der Waals surface area (Å²) in [6, 6.07) is 0.453. The number of aromatic nitrogens is 1. The highest BCUT2D eigenvalue weighted by atomic mass is 32.1. The zero-order valence-corrected chi connectivity index (χ0v) is 8.46. The van der Waals surface area contributed by atoms with E-state index in [4.69, 9.17) is 5.11 Å². The minimum Gasteiger partial charge on any atom is -0.481 e. The van der Waals surface area contributed by atoms with E-state index in [-0.39, 0.29) is 12.5 Å². The Hall–Kier alpha value is -0.940. The molecule has 0 amide bonds. The van der Waals surface area contributed by atoms with Gasteiger partial charge in [0.2, 0.25) is 0 Å². The summed E-state index contributed by atoms with van der Waals surface area (Å²) >= 11 is 1.51. The Kier molecular flexibility index (Phi) is 2.79. The van der Waals surface area contributed by atoms with Gasteiger partial charge in [-0.15, -0.1) is 11.3 Å². The van der Waals surface area contributed by atoms with Crippen molar-refractivity contribution in [1.29, 1.82) is 0 Å². The summed E-state index contributed by atoms with van der Waals surface area (Å²) in [6.07, 6.45) is 4.20. The van der Waals surface area contributed by atoms with Crippen LogP contribution in [0.5, 0.6) is 0 Å². The third-order valence-corrected chi connectivity index (χ3v) is 3.08. The van der Waals surface area contributed by atoms with Crippen LogP contribution in [0.25, 0.3) is 0 Å². The Balaban J connectivity index is 2.00. The fourth-order valence-corrected chi connectivity index (χ4v) is 2.03. The molecule has 0 spiro atoms. The highest BCUT2D eigenvalue weighted by molar-refractivity contribution is 7.09. The van der Waals surface area contributed by atoms with E-state index in [2.05, 4.69) is 10.3 Å². The molecule has 1 aromatic rings. The molecule has 0 bridgehead atoms. The van der Waals surface area contributed by atoms with E-state index in [1.807, 2.05) is 0 Å². The molecule has 0 aliphatic heterocycles. The fourth-order valence-electron chi connectivity index (χ4n) is 1.35. The topological polar surface area (TPSA) is 62.2 Å². The molecule has 76 valence electrons. The van der Waals surface area contributed by atoms with E-state index in [9.17, 15) is 4.79 Å². The molecule has 1 aliphatic rings. The molecule has 1 heterocycles. The van der Waals surface area contributed by atoms with Gasteiger partial charge in [-0.25, -0.2) is 0 Å². The number of carboxylic acid groups (broad SMARTS) is 1. The number of nitrogens with zero attached hydrogens (tertiary/aromatic N) is 1. The van der Waals surface area contributed by atoms with Gasteiger partial charge in [0.05, 0.1) is 18.0 Å². The summed E-state index contributed by atoms with van der Waals surface area (Å²) in [5.41, 5.74) is 1.73. The predicted molar refractivity (Wildman–Crippen MR) is 53.3 cm³/mol. The molecule has 1 fully saturated rings. The Bertz CT molecular complexity index is 309. The van der Waals surface area contributed by atoms with Gasteiger partial charge in [-0.2, -0.15) is 0 Å².